The molecule has 0 atom stereocenters. The van der Waals surface area contributed by atoms with E-state index in [0.717, 1.165) is 15.1 Å². The van der Waals surface area contributed by atoms with E-state index in [4.69, 9.17) is 0 Å². The fraction of sp³-hybridized carbons (Fsp3) is 0.143. The number of aryl methyl sites for hydroxylation is 2. The Kier molecular flexibility index (Phi) is 3.92. The molecule has 0 radical (unpaired) electrons. The lowest BCUT2D eigenvalue weighted by molar-refractivity contribution is 0.102. The van der Waals surface area contributed by atoms with Crippen molar-refractivity contribution in [1.82, 2.24) is 25.0 Å². The van der Waals surface area contributed by atoms with Gasteiger partial charge in [0.15, 0.2) is 5.82 Å². The molecule has 112 valence electrons. The van der Waals surface area contributed by atoms with E-state index in [1.807, 2.05) is 31.2 Å². The van der Waals surface area contributed by atoms with Crippen LogP contribution in [0.5, 0.6) is 0 Å². The van der Waals surface area contributed by atoms with Gasteiger partial charge in [-0.1, -0.05) is 12.1 Å². The van der Waals surface area contributed by atoms with E-state index in [-0.39, 0.29) is 5.91 Å². The number of anilines is 1. The minimum Gasteiger partial charge on any atom is -0.322 e. The van der Waals surface area contributed by atoms with E-state index in [9.17, 15) is 4.79 Å². The number of carbonyl (C=O) groups excluding carboxylic acids is 1. The van der Waals surface area contributed by atoms with Gasteiger partial charge in [0.1, 0.15) is 9.53 Å². The zero-order chi connectivity index (χ0) is 15.7. The molecule has 0 aliphatic rings. The van der Waals surface area contributed by atoms with Gasteiger partial charge in [-0.3, -0.25) is 14.6 Å². The number of aromatic nitrogens is 5. The third-order valence-electron chi connectivity index (χ3n) is 3.09. The Bertz CT molecular complexity index is 837. The highest BCUT2D eigenvalue weighted by Crippen LogP contribution is 2.20. The predicted octanol–water partition coefficient (Wildman–Crippen LogP) is 2.37. The smallest absolute Gasteiger partial charge is 0.259 e. The van der Waals surface area contributed by atoms with E-state index >= 15 is 0 Å². The lowest BCUT2D eigenvalue weighted by atomic mass is 10.2. The van der Waals surface area contributed by atoms with Crippen molar-refractivity contribution >= 4 is 34.2 Å². The number of carbonyl (C=O) groups is 1. The van der Waals surface area contributed by atoms with Gasteiger partial charge in [0.25, 0.3) is 5.91 Å². The molecular formula is C14H13IN6O. The second-order valence-corrected chi connectivity index (χ2v) is 5.77. The van der Waals surface area contributed by atoms with Gasteiger partial charge < -0.3 is 5.32 Å². The van der Waals surface area contributed by atoms with Crippen molar-refractivity contribution in [2.75, 3.05) is 5.32 Å². The quantitative estimate of drug-likeness (QED) is 0.652. The molecule has 2 N–H and O–H groups in total. The maximum absolute atomic E-state index is 12.3. The fourth-order valence-corrected chi connectivity index (χ4v) is 2.49. The molecule has 0 fully saturated rings. The molecule has 2 aromatic heterocycles. The Morgan fingerprint density at radius 1 is 1.41 bits per heavy atom. The second-order valence-electron chi connectivity index (χ2n) is 4.75. The van der Waals surface area contributed by atoms with Crippen LogP contribution in [0.1, 0.15) is 16.2 Å². The number of nitrogens with zero attached hydrogens (tertiary/aromatic N) is 4. The summed E-state index contributed by atoms with van der Waals surface area (Å²) in [6, 6.07) is 7.41. The molecule has 2 heterocycles. The van der Waals surface area contributed by atoms with Crippen LogP contribution in [0.4, 0.5) is 5.69 Å². The largest absolute Gasteiger partial charge is 0.322 e. The molecule has 0 saturated carbocycles. The van der Waals surface area contributed by atoms with Gasteiger partial charge in [0, 0.05) is 18.3 Å². The fourth-order valence-electron chi connectivity index (χ4n) is 1.98. The van der Waals surface area contributed by atoms with Crippen LogP contribution >= 0.6 is 22.6 Å². The van der Waals surface area contributed by atoms with Crippen molar-refractivity contribution < 1.29 is 4.79 Å². The number of amides is 1. The summed E-state index contributed by atoms with van der Waals surface area (Å²) in [6.45, 7) is 1.84. The number of halogens is 1. The molecule has 1 aromatic carbocycles. The number of H-pyrrole nitrogens is 1. The summed E-state index contributed by atoms with van der Waals surface area (Å²) in [6.07, 6.45) is 1.56. The first kappa shape index (κ1) is 14.7. The van der Waals surface area contributed by atoms with Crippen LogP contribution in [0.2, 0.25) is 0 Å². The maximum atomic E-state index is 12.3. The molecule has 0 bridgehead atoms. The van der Waals surface area contributed by atoms with Gasteiger partial charge in [-0.2, -0.15) is 10.2 Å². The topological polar surface area (TPSA) is 88.5 Å². The molecule has 22 heavy (non-hydrogen) atoms. The molecule has 3 rings (SSSR count). The van der Waals surface area contributed by atoms with Crippen LogP contribution in [0.25, 0.3) is 11.4 Å². The SMILES string of the molecule is Cc1nc(-c2cccc(NC(=O)c3cnn(C)c3I)c2)n[nH]1. The Morgan fingerprint density at radius 3 is 2.86 bits per heavy atom. The highest BCUT2D eigenvalue weighted by molar-refractivity contribution is 14.1. The lowest BCUT2D eigenvalue weighted by Gasteiger charge is -2.05. The molecule has 1 amide bonds. The molecule has 0 aliphatic heterocycles. The first-order valence-electron chi connectivity index (χ1n) is 6.53. The van der Waals surface area contributed by atoms with Crippen molar-refractivity contribution in [2.45, 2.75) is 6.92 Å². The summed E-state index contributed by atoms with van der Waals surface area (Å²) in [5.74, 6) is 1.15. The number of hydrogen-bond donors (Lipinski definition) is 2. The monoisotopic (exact) mass is 408 g/mol. The van der Waals surface area contributed by atoms with E-state index in [2.05, 4.69) is 48.2 Å². The number of hydrogen-bond acceptors (Lipinski definition) is 4. The third-order valence-corrected chi connectivity index (χ3v) is 4.37. The first-order valence-corrected chi connectivity index (χ1v) is 7.61. The minimum absolute atomic E-state index is 0.194. The first-order chi connectivity index (χ1) is 10.5. The highest BCUT2D eigenvalue weighted by Gasteiger charge is 2.14. The molecule has 0 unspecified atom stereocenters. The number of nitrogens with one attached hydrogen (secondary N) is 2. The summed E-state index contributed by atoms with van der Waals surface area (Å²) >= 11 is 2.09. The van der Waals surface area contributed by atoms with Crippen molar-refractivity contribution in [3.05, 3.63) is 45.6 Å². The molecule has 7 nitrogen and oxygen atoms in total. The molecule has 0 aliphatic carbocycles. The Labute approximate surface area is 140 Å². The number of aromatic amines is 1. The van der Waals surface area contributed by atoms with Gasteiger partial charge in [0.2, 0.25) is 0 Å². The molecule has 3 aromatic rings. The van der Waals surface area contributed by atoms with Crippen LogP contribution in [-0.2, 0) is 7.05 Å². The van der Waals surface area contributed by atoms with Crippen molar-refractivity contribution in [3.63, 3.8) is 0 Å². The third kappa shape index (κ3) is 2.86. The zero-order valence-electron chi connectivity index (χ0n) is 12.0. The van der Waals surface area contributed by atoms with Gasteiger partial charge >= 0.3 is 0 Å². The van der Waals surface area contributed by atoms with Gasteiger partial charge in [-0.05, 0) is 41.6 Å². The van der Waals surface area contributed by atoms with E-state index in [0.29, 0.717) is 17.1 Å². The summed E-state index contributed by atoms with van der Waals surface area (Å²) in [4.78, 5) is 16.6. The molecule has 0 saturated heterocycles. The Morgan fingerprint density at radius 2 is 2.23 bits per heavy atom. The summed E-state index contributed by atoms with van der Waals surface area (Å²) < 4.78 is 2.44. The van der Waals surface area contributed by atoms with Crippen molar-refractivity contribution in [3.8, 4) is 11.4 Å². The van der Waals surface area contributed by atoms with Crippen LogP contribution in [0, 0.1) is 10.6 Å². The number of benzene rings is 1. The number of rotatable bonds is 3. The van der Waals surface area contributed by atoms with Gasteiger partial charge in [-0.15, -0.1) is 0 Å². The van der Waals surface area contributed by atoms with E-state index < -0.39 is 0 Å². The molecule has 0 spiro atoms. The average molecular weight is 408 g/mol. The minimum atomic E-state index is -0.194. The predicted molar refractivity (Wildman–Crippen MR) is 90.4 cm³/mol. The summed E-state index contributed by atoms with van der Waals surface area (Å²) in [5, 5.41) is 13.9. The standard InChI is InChI=1S/C14H13IN6O/c1-8-17-13(20-19-8)9-4-3-5-10(6-9)18-14(22)11-7-16-21(2)12(11)15/h3-7H,1-2H3,(H,18,22)(H,17,19,20). The summed E-state index contributed by atoms with van der Waals surface area (Å²) in [7, 11) is 1.80. The van der Waals surface area contributed by atoms with Crippen LogP contribution in [-0.4, -0.2) is 30.9 Å². The van der Waals surface area contributed by atoms with Crippen molar-refractivity contribution in [1.29, 1.82) is 0 Å². The van der Waals surface area contributed by atoms with Crippen LogP contribution in [0.3, 0.4) is 0 Å². The Hall–Kier alpha value is -2.23. The highest BCUT2D eigenvalue weighted by atomic mass is 127. The van der Waals surface area contributed by atoms with Crippen LogP contribution in [0.15, 0.2) is 30.5 Å². The lowest BCUT2D eigenvalue weighted by Crippen LogP contribution is -2.13. The second kappa shape index (κ2) is 5.87. The van der Waals surface area contributed by atoms with Crippen LogP contribution < -0.4 is 5.32 Å². The van der Waals surface area contributed by atoms with E-state index in [1.165, 1.54) is 0 Å². The van der Waals surface area contributed by atoms with Crippen molar-refractivity contribution in [2.24, 2.45) is 7.05 Å². The molecular weight excluding hydrogens is 395 g/mol. The molecule has 8 heteroatoms. The Balaban J connectivity index is 1.84. The van der Waals surface area contributed by atoms with Gasteiger partial charge in [-0.25, -0.2) is 4.98 Å². The van der Waals surface area contributed by atoms with Gasteiger partial charge in [0.05, 0.1) is 11.8 Å². The normalized spacial score (nSPS) is 10.7. The maximum Gasteiger partial charge on any atom is 0.259 e. The summed E-state index contributed by atoms with van der Waals surface area (Å²) in [5.41, 5.74) is 2.06. The van der Waals surface area contributed by atoms with E-state index in [1.54, 1.807) is 17.9 Å². The zero-order valence-corrected chi connectivity index (χ0v) is 14.1. The average Bonchev–Trinajstić information content (AvgIpc) is 3.07.